The summed E-state index contributed by atoms with van der Waals surface area (Å²) in [5, 5.41) is 0. The van der Waals surface area contributed by atoms with E-state index in [1.54, 1.807) is 0 Å². The van der Waals surface area contributed by atoms with Gasteiger partial charge >= 0.3 is 58.5 Å². The quantitative estimate of drug-likeness (QED) is 0.229. The van der Waals surface area contributed by atoms with Crippen molar-refractivity contribution in [3.63, 3.8) is 0 Å². The summed E-state index contributed by atoms with van der Waals surface area (Å²) in [6.07, 6.45) is 0. The molecule has 1 N–H and O–H groups in total. The van der Waals surface area contributed by atoms with Crippen LogP contribution in [0.5, 0.6) is 0 Å². The SMILES string of the molecule is FP(F)(F)(F)F.O=S(=O)(O)F.[LiH]. The zero-order valence-electron chi connectivity index (χ0n) is 4.39. The van der Waals surface area contributed by atoms with Gasteiger partial charge in [0.15, 0.2) is 0 Å². The summed E-state index contributed by atoms with van der Waals surface area (Å²) >= 11 is 0. The van der Waals surface area contributed by atoms with Crippen molar-refractivity contribution in [3.05, 3.63) is 0 Å². The van der Waals surface area contributed by atoms with Crippen LogP contribution < -0.4 is 0 Å². The summed E-state index contributed by atoms with van der Waals surface area (Å²) in [7, 11) is -13.7. The van der Waals surface area contributed by atoms with Crippen molar-refractivity contribution in [2.24, 2.45) is 0 Å². The van der Waals surface area contributed by atoms with Crippen molar-refractivity contribution in [1.82, 2.24) is 0 Å². The van der Waals surface area contributed by atoms with Gasteiger partial charge in [-0.15, -0.1) is 0 Å². The molecule has 74 valence electrons. The summed E-state index contributed by atoms with van der Waals surface area (Å²) < 4.78 is 83.3. The Morgan fingerprint density at radius 2 is 1.00 bits per heavy atom. The molecule has 0 fully saturated rings. The zero-order valence-corrected chi connectivity index (χ0v) is 6.10. The topological polar surface area (TPSA) is 54.4 Å². The van der Waals surface area contributed by atoms with Crippen molar-refractivity contribution >= 4 is 37.5 Å². The van der Waals surface area contributed by atoms with Gasteiger partial charge in [-0.2, -0.15) is 8.42 Å². The van der Waals surface area contributed by atoms with E-state index in [0.717, 1.165) is 0 Å². The van der Waals surface area contributed by atoms with Crippen LogP contribution in [-0.4, -0.2) is 31.8 Å². The molecular weight excluding hydrogens is 232 g/mol. The third-order valence-corrected chi connectivity index (χ3v) is 0. The number of rotatable bonds is 0. The monoisotopic (exact) mass is 234 g/mol. The third-order valence-electron chi connectivity index (χ3n) is 0. The summed E-state index contributed by atoms with van der Waals surface area (Å²) in [5.74, 6) is 0. The molecule has 0 aliphatic heterocycles. The number of halogens is 6. The first kappa shape index (κ1) is 18.3. The van der Waals surface area contributed by atoms with E-state index in [0.29, 0.717) is 0 Å². The zero-order chi connectivity index (χ0) is 9.95. The van der Waals surface area contributed by atoms with Crippen LogP contribution in [0.2, 0.25) is 0 Å². The second-order valence-electron chi connectivity index (χ2n) is 1.05. The molecule has 3 nitrogen and oxygen atoms in total. The fourth-order valence-electron chi connectivity index (χ4n) is 0. The van der Waals surface area contributed by atoms with E-state index in [-0.39, 0.29) is 18.9 Å². The van der Waals surface area contributed by atoms with Gasteiger partial charge < -0.3 is 0 Å². The summed E-state index contributed by atoms with van der Waals surface area (Å²) in [4.78, 5) is 0. The van der Waals surface area contributed by atoms with Crippen LogP contribution in [0.1, 0.15) is 0 Å². The van der Waals surface area contributed by atoms with E-state index in [2.05, 4.69) is 0 Å². The second kappa shape index (κ2) is 4.67. The predicted octanol–water partition coefficient (Wildman–Crippen LogP) is 2.07. The predicted molar refractivity (Wildman–Crippen MR) is 32.3 cm³/mol. The number of hydrogen-bond acceptors (Lipinski definition) is 2. The van der Waals surface area contributed by atoms with Crippen LogP contribution in [0.15, 0.2) is 0 Å². The molecule has 0 amide bonds. The van der Waals surface area contributed by atoms with Crippen LogP contribution >= 0.6 is 8.16 Å². The fourth-order valence-corrected chi connectivity index (χ4v) is 0. The maximum atomic E-state index is 10.2. The molecule has 12 heavy (non-hydrogen) atoms. The molecule has 0 atom stereocenters. The molecule has 0 spiro atoms. The first-order chi connectivity index (χ1) is 4.24. The van der Waals surface area contributed by atoms with Gasteiger partial charge in [0.2, 0.25) is 0 Å². The van der Waals surface area contributed by atoms with Gasteiger partial charge in [0, 0.05) is 0 Å². The molecule has 0 rings (SSSR count). The van der Waals surface area contributed by atoms with Crippen molar-refractivity contribution < 1.29 is 37.8 Å². The van der Waals surface area contributed by atoms with Gasteiger partial charge in [-0.1, -0.05) is 3.89 Å². The van der Waals surface area contributed by atoms with E-state index in [1.807, 2.05) is 0 Å². The minimum atomic E-state index is -8.55. The molecule has 0 bridgehead atoms. The molecule has 0 saturated heterocycles. The van der Waals surface area contributed by atoms with E-state index >= 15 is 0 Å². The van der Waals surface area contributed by atoms with Crippen molar-refractivity contribution in [2.45, 2.75) is 0 Å². The van der Waals surface area contributed by atoms with Crippen molar-refractivity contribution in [3.8, 4) is 0 Å². The summed E-state index contributed by atoms with van der Waals surface area (Å²) in [6, 6.07) is 0. The van der Waals surface area contributed by atoms with Crippen molar-refractivity contribution in [1.29, 1.82) is 0 Å². The first-order valence-electron chi connectivity index (χ1n) is 1.52. The van der Waals surface area contributed by atoms with Crippen LogP contribution in [0.3, 0.4) is 0 Å². The van der Waals surface area contributed by atoms with E-state index < -0.39 is 18.7 Å². The number of hydrogen-bond donors (Lipinski definition) is 1. The third kappa shape index (κ3) is 3560. The molecule has 0 aliphatic carbocycles. The Hall–Kier alpha value is 0.517. The maximum absolute atomic E-state index is 10.2. The molecule has 0 heterocycles. The summed E-state index contributed by atoms with van der Waals surface area (Å²) in [5.41, 5.74) is 0. The van der Waals surface area contributed by atoms with Crippen LogP contribution in [0.4, 0.5) is 24.9 Å². The van der Waals surface area contributed by atoms with Crippen LogP contribution in [0, 0.1) is 0 Å². The van der Waals surface area contributed by atoms with Crippen LogP contribution in [-0.2, 0) is 10.5 Å². The van der Waals surface area contributed by atoms with Crippen LogP contribution in [0.25, 0.3) is 0 Å². The Labute approximate surface area is 75.9 Å². The molecule has 0 aromatic heterocycles. The normalized spacial score (nSPS) is 14.4. The molecule has 0 radical (unpaired) electrons. The van der Waals surface area contributed by atoms with Crippen molar-refractivity contribution in [2.75, 3.05) is 0 Å². The molecule has 0 unspecified atom stereocenters. The molecule has 0 aromatic carbocycles. The van der Waals surface area contributed by atoms with Gasteiger partial charge in [-0.05, 0) is 0 Å². The Kier molecular flexibility index (Phi) is 7.13. The molecule has 0 aliphatic rings. The Morgan fingerprint density at radius 3 is 1.00 bits per heavy atom. The first-order valence-corrected chi connectivity index (χ1v) is 4.55. The standard InChI is InChI=1S/F5P.FHO3S.Li.H/c1-6(2,3,4)5;1-5(2,3)4;;/h;(H,2,3,4);;. The van der Waals surface area contributed by atoms with Gasteiger partial charge in [0.1, 0.15) is 0 Å². The molecule has 0 saturated carbocycles. The van der Waals surface area contributed by atoms with Gasteiger partial charge in [0.25, 0.3) is 0 Å². The van der Waals surface area contributed by atoms with E-state index in [4.69, 9.17) is 13.0 Å². The average Bonchev–Trinajstić information content (AvgIpc) is 1.07. The van der Waals surface area contributed by atoms with Gasteiger partial charge in [-0.3, -0.25) is 4.55 Å². The Bertz CT molecular complexity index is 188. The van der Waals surface area contributed by atoms with Gasteiger partial charge in [0.05, 0.1) is 0 Å². The molecular formula is H2F6LiO3PS. The second-order valence-corrected chi connectivity index (χ2v) is 3.15. The Balaban J connectivity index is -0.000000126. The molecule has 12 heteroatoms. The Morgan fingerprint density at radius 1 is 1.00 bits per heavy atom. The fraction of sp³-hybridized carbons (Fsp3) is 0. The molecule has 0 aromatic rings. The van der Waals surface area contributed by atoms with Gasteiger partial charge in [-0.25, -0.2) is 0 Å². The minimum absolute atomic E-state index is 0. The van der Waals surface area contributed by atoms with E-state index in [1.165, 1.54) is 0 Å². The van der Waals surface area contributed by atoms with E-state index in [9.17, 15) is 24.9 Å². The average molecular weight is 234 g/mol. The summed E-state index contributed by atoms with van der Waals surface area (Å²) in [6.45, 7) is 0.